The largest absolute Gasteiger partial charge is 0.450 e. The average Bonchev–Trinajstić information content (AvgIpc) is 2.57. The van der Waals surface area contributed by atoms with Gasteiger partial charge in [-0.3, -0.25) is 5.32 Å². The van der Waals surface area contributed by atoms with E-state index in [1.165, 1.54) is 11.8 Å². The van der Waals surface area contributed by atoms with Crippen LogP contribution in [0.3, 0.4) is 0 Å². The predicted molar refractivity (Wildman–Crippen MR) is 112 cm³/mol. The van der Waals surface area contributed by atoms with Crippen LogP contribution in [0.4, 0.5) is 22.0 Å². The Morgan fingerprint density at radius 2 is 1.96 bits per heavy atom. The molecule has 0 fully saturated rings. The second-order valence-electron chi connectivity index (χ2n) is 6.80. The number of aromatic nitrogens is 2. The topological polar surface area (TPSA) is 76.1 Å². The molecule has 0 radical (unpaired) electrons. The lowest BCUT2D eigenvalue weighted by Gasteiger charge is -2.16. The number of halogens is 1. The van der Waals surface area contributed by atoms with Crippen LogP contribution in [-0.4, -0.2) is 37.0 Å². The fraction of sp³-hybridized carbons (Fsp3) is 0.353. The van der Waals surface area contributed by atoms with Crippen LogP contribution in [0.25, 0.3) is 0 Å². The zero-order chi connectivity index (χ0) is 19.2. The Kier molecular flexibility index (Phi) is 7.30. The number of para-hydroxylation sites is 2. The maximum absolute atomic E-state index is 12.1. The Morgan fingerprint density at radius 1 is 1.27 bits per heavy atom. The van der Waals surface area contributed by atoms with Gasteiger partial charge >= 0.3 is 6.09 Å². The second-order valence-corrected chi connectivity index (χ2v) is 13.6. The number of rotatable bonds is 7. The SMILES string of the molecule is CSc1ncc(Cl)c(Nc2ccccc2NC(=O)OCC[Si](C)(C)C)n1. The van der Waals surface area contributed by atoms with Crippen LogP contribution in [0.1, 0.15) is 0 Å². The van der Waals surface area contributed by atoms with Crippen molar-refractivity contribution >= 4 is 54.7 Å². The Hall–Kier alpha value is -1.77. The van der Waals surface area contributed by atoms with Crippen molar-refractivity contribution in [3.8, 4) is 0 Å². The number of hydrogen-bond acceptors (Lipinski definition) is 6. The van der Waals surface area contributed by atoms with Gasteiger partial charge in [0.25, 0.3) is 0 Å². The van der Waals surface area contributed by atoms with Crippen molar-refractivity contribution in [2.24, 2.45) is 0 Å². The minimum atomic E-state index is -1.24. The van der Waals surface area contributed by atoms with Crippen molar-refractivity contribution in [2.45, 2.75) is 30.8 Å². The molecule has 0 spiro atoms. The molecule has 0 aliphatic carbocycles. The predicted octanol–water partition coefficient (Wildman–Crippen LogP) is 5.48. The standard InChI is InChI=1S/C17H23ClN4O2SSi/c1-25-16-19-11-12(18)15(22-16)20-13-7-5-6-8-14(13)21-17(23)24-9-10-26(2,3)4/h5-8,11H,9-10H2,1-4H3,(H,21,23)(H,19,20,22). The number of nitrogens with one attached hydrogen (secondary N) is 2. The summed E-state index contributed by atoms with van der Waals surface area (Å²) >= 11 is 7.59. The minimum absolute atomic E-state index is 0.398. The molecule has 140 valence electrons. The molecule has 1 heterocycles. The van der Waals surface area contributed by atoms with Gasteiger partial charge in [0.1, 0.15) is 5.02 Å². The monoisotopic (exact) mass is 410 g/mol. The van der Waals surface area contributed by atoms with Gasteiger partial charge in [-0.2, -0.15) is 0 Å². The highest BCUT2D eigenvalue weighted by molar-refractivity contribution is 7.98. The fourth-order valence-electron chi connectivity index (χ4n) is 1.96. The molecular weight excluding hydrogens is 388 g/mol. The Balaban J connectivity index is 2.07. The van der Waals surface area contributed by atoms with Crippen LogP contribution in [-0.2, 0) is 4.74 Å². The van der Waals surface area contributed by atoms with Crippen molar-refractivity contribution in [1.82, 2.24) is 9.97 Å². The van der Waals surface area contributed by atoms with E-state index in [9.17, 15) is 4.79 Å². The minimum Gasteiger partial charge on any atom is -0.450 e. The number of anilines is 3. The summed E-state index contributed by atoms with van der Waals surface area (Å²) in [5, 5.41) is 6.91. The molecule has 2 rings (SSSR count). The third-order valence-electron chi connectivity index (χ3n) is 3.41. The third kappa shape index (κ3) is 6.51. The normalized spacial score (nSPS) is 11.1. The Bertz CT molecular complexity index is 771. The first-order valence-electron chi connectivity index (χ1n) is 8.15. The van der Waals surface area contributed by atoms with E-state index in [0.717, 1.165) is 6.04 Å². The summed E-state index contributed by atoms with van der Waals surface area (Å²) in [6, 6.07) is 8.22. The van der Waals surface area contributed by atoms with Crippen LogP contribution in [0, 0.1) is 0 Å². The molecule has 1 amide bonds. The van der Waals surface area contributed by atoms with E-state index in [-0.39, 0.29) is 0 Å². The first-order chi connectivity index (χ1) is 12.3. The van der Waals surface area contributed by atoms with Gasteiger partial charge < -0.3 is 10.1 Å². The van der Waals surface area contributed by atoms with E-state index in [2.05, 4.69) is 40.2 Å². The summed E-state index contributed by atoms with van der Waals surface area (Å²) in [7, 11) is -1.24. The number of hydrogen-bond donors (Lipinski definition) is 2. The maximum Gasteiger partial charge on any atom is 0.411 e. The van der Waals surface area contributed by atoms with Gasteiger partial charge in [0, 0.05) is 8.07 Å². The Morgan fingerprint density at radius 3 is 2.62 bits per heavy atom. The lowest BCUT2D eigenvalue weighted by atomic mass is 10.2. The molecule has 0 unspecified atom stereocenters. The summed E-state index contributed by atoms with van der Waals surface area (Å²) in [5.74, 6) is 0.479. The molecule has 0 saturated heterocycles. The van der Waals surface area contributed by atoms with E-state index in [1.807, 2.05) is 24.5 Å². The van der Waals surface area contributed by atoms with E-state index >= 15 is 0 Å². The van der Waals surface area contributed by atoms with Gasteiger partial charge in [-0.1, -0.05) is 55.1 Å². The zero-order valence-corrected chi connectivity index (χ0v) is 17.9. The molecular formula is C17H23ClN4O2SSi. The molecule has 1 aromatic carbocycles. The van der Waals surface area contributed by atoms with Crippen LogP contribution in [0.5, 0.6) is 0 Å². The van der Waals surface area contributed by atoms with E-state index < -0.39 is 14.2 Å². The molecule has 9 heteroatoms. The number of amides is 1. The van der Waals surface area contributed by atoms with E-state index in [0.29, 0.717) is 34.0 Å². The van der Waals surface area contributed by atoms with Crippen LogP contribution in [0.2, 0.25) is 30.7 Å². The average molecular weight is 411 g/mol. The van der Waals surface area contributed by atoms with Crippen molar-refractivity contribution in [1.29, 1.82) is 0 Å². The first-order valence-corrected chi connectivity index (χ1v) is 13.5. The van der Waals surface area contributed by atoms with Gasteiger partial charge in [0.15, 0.2) is 11.0 Å². The molecule has 2 N–H and O–H groups in total. The summed E-state index contributed by atoms with van der Waals surface area (Å²) in [5.41, 5.74) is 1.26. The Labute approximate surface area is 164 Å². The number of carbonyl (C=O) groups excluding carboxylic acids is 1. The molecule has 2 aromatic rings. The molecule has 1 aromatic heterocycles. The maximum atomic E-state index is 12.1. The highest BCUT2D eigenvalue weighted by Gasteiger charge is 2.15. The van der Waals surface area contributed by atoms with Crippen molar-refractivity contribution in [3.63, 3.8) is 0 Å². The van der Waals surface area contributed by atoms with Crippen LogP contribution >= 0.6 is 23.4 Å². The molecule has 0 atom stereocenters. The van der Waals surface area contributed by atoms with Gasteiger partial charge in [0.2, 0.25) is 0 Å². The summed E-state index contributed by atoms with van der Waals surface area (Å²) in [6.07, 6.45) is 2.96. The molecule has 0 aliphatic rings. The van der Waals surface area contributed by atoms with Gasteiger partial charge in [-0.15, -0.1) is 0 Å². The third-order valence-corrected chi connectivity index (χ3v) is 5.95. The number of ether oxygens (including phenoxy) is 1. The molecule has 0 bridgehead atoms. The zero-order valence-electron chi connectivity index (χ0n) is 15.3. The first kappa shape index (κ1) is 20.5. The van der Waals surface area contributed by atoms with Crippen molar-refractivity contribution < 1.29 is 9.53 Å². The molecule has 26 heavy (non-hydrogen) atoms. The highest BCUT2D eigenvalue weighted by Crippen LogP contribution is 2.29. The summed E-state index contributed by atoms with van der Waals surface area (Å²) in [4.78, 5) is 20.5. The summed E-state index contributed by atoms with van der Waals surface area (Å²) in [6.45, 7) is 7.14. The van der Waals surface area contributed by atoms with Crippen molar-refractivity contribution in [2.75, 3.05) is 23.5 Å². The quantitative estimate of drug-likeness (QED) is 0.357. The van der Waals surface area contributed by atoms with Crippen LogP contribution < -0.4 is 10.6 Å². The fourth-order valence-corrected chi connectivity index (χ4v) is 3.16. The van der Waals surface area contributed by atoms with Gasteiger partial charge in [-0.05, 0) is 24.4 Å². The smallest absolute Gasteiger partial charge is 0.411 e. The number of benzene rings is 1. The second kappa shape index (κ2) is 9.25. The number of thioether (sulfide) groups is 1. The van der Waals surface area contributed by atoms with Crippen molar-refractivity contribution in [3.05, 3.63) is 35.5 Å². The van der Waals surface area contributed by atoms with Crippen LogP contribution in [0.15, 0.2) is 35.6 Å². The van der Waals surface area contributed by atoms with E-state index in [4.69, 9.17) is 16.3 Å². The van der Waals surface area contributed by atoms with Gasteiger partial charge in [-0.25, -0.2) is 14.8 Å². The molecule has 0 aliphatic heterocycles. The number of carbonyl (C=O) groups is 1. The lowest BCUT2D eigenvalue weighted by Crippen LogP contribution is -2.24. The lowest BCUT2D eigenvalue weighted by molar-refractivity contribution is 0.167. The molecule has 6 nitrogen and oxygen atoms in total. The molecule has 0 saturated carbocycles. The highest BCUT2D eigenvalue weighted by atomic mass is 35.5. The number of nitrogens with zero attached hydrogens (tertiary/aromatic N) is 2. The van der Waals surface area contributed by atoms with E-state index in [1.54, 1.807) is 12.3 Å². The van der Waals surface area contributed by atoms with Gasteiger partial charge in [0.05, 0.1) is 24.2 Å². The summed E-state index contributed by atoms with van der Waals surface area (Å²) < 4.78 is 5.29.